The largest absolute Gasteiger partial charge is 0.488 e. The average Bonchev–Trinajstić information content (AvgIpc) is 3.16. The highest BCUT2D eigenvalue weighted by Crippen LogP contribution is 2.39. The third kappa shape index (κ3) is 4.51. The molecule has 8 heteroatoms. The quantitative estimate of drug-likeness (QED) is 0.175. The van der Waals surface area contributed by atoms with Crippen LogP contribution in [0.2, 0.25) is 0 Å². The zero-order chi connectivity index (χ0) is 24.4. The van der Waals surface area contributed by atoms with Crippen LogP contribution in [0.5, 0.6) is 5.75 Å². The van der Waals surface area contributed by atoms with Crippen molar-refractivity contribution in [3.8, 4) is 5.75 Å². The predicted octanol–water partition coefficient (Wildman–Crippen LogP) is 6.57. The topological polar surface area (TPSA) is 89.7 Å². The summed E-state index contributed by atoms with van der Waals surface area (Å²) in [7, 11) is 0. The maximum atomic E-state index is 13.2. The molecular formula is C27H18N2O5S. The van der Waals surface area contributed by atoms with Gasteiger partial charge in [0.05, 0.1) is 15.5 Å². The molecule has 1 aliphatic heterocycles. The minimum atomic E-state index is -0.451. The number of nitrogens with zero attached hydrogens (tertiary/aromatic N) is 2. The van der Waals surface area contributed by atoms with Gasteiger partial charge in [0.1, 0.15) is 12.4 Å². The van der Waals surface area contributed by atoms with E-state index in [0.717, 1.165) is 27.4 Å². The molecule has 5 rings (SSSR count). The summed E-state index contributed by atoms with van der Waals surface area (Å²) in [6, 6.07) is 26.4. The van der Waals surface area contributed by atoms with E-state index in [2.05, 4.69) is 0 Å². The van der Waals surface area contributed by atoms with Crippen LogP contribution >= 0.6 is 11.8 Å². The second-order valence-electron chi connectivity index (χ2n) is 7.77. The van der Waals surface area contributed by atoms with E-state index in [9.17, 15) is 19.7 Å². The molecule has 0 radical (unpaired) electrons. The van der Waals surface area contributed by atoms with Crippen molar-refractivity contribution in [2.45, 2.75) is 6.61 Å². The predicted molar refractivity (Wildman–Crippen MR) is 136 cm³/mol. The van der Waals surface area contributed by atoms with Crippen LogP contribution in [0.25, 0.3) is 16.8 Å². The second kappa shape index (κ2) is 9.44. The fourth-order valence-electron chi connectivity index (χ4n) is 3.87. The fourth-order valence-corrected chi connectivity index (χ4v) is 4.69. The van der Waals surface area contributed by atoms with E-state index in [1.54, 1.807) is 48.5 Å². The van der Waals surface area contributed by atoms with Gasteiger partial charge in [0.2, 0.25) is 0 Å². The first-order chi connectivity index (χ1) is 17.0. The van der Waals surface area contributed by atoms with Gasteiger partial charge >= 0.3 is 0 Å². The Bertz CT molecular complexity index is 1500. The fraction of sp³-hybridized carbons (Fsp3) is 0.0370. The summed E-state index contributed by atoms with van der Waals surface area (Å²) in [6.45, 7) is 0.104. The Morgan fingerprint density at radius 2 is 1.69 bits per heavy atom. The second-order valence-corrected chi connectivity index (χ2v) is 8.76. The molecule has 0 aromatic heterocycles. The van der Waals surface area contributed by atoms with Crippen molar-refractivity contribution in [1.29, 1.82) is 0 Å². The Balaban J connectivity index is 1.52. The van der Waals surface area contributed by atoms with Crippen molar-refractivity contribution in [1.82, 2.24) is 0 Å². The van der Waals surface area contributed by atoms with Crippen LogP contribution in [0, 0.1) is 10.1 Å². The molecule has 2 amide bonds. The number of nitro groups is 1. The van der Waals surface area contributed by atoms with Gasteiger partial charge in [-0.15, -0.1) is 0 Å². The molecule has 1 aliphatic rings. The Hall–Kier alpha value is -4.43. The van der Waals surface area contributed by atoms with Gasteiger partial charge in [-0.2, -0.15) is 0 Å². The minimum Gasteiger partial charge on any atom is -0.488 e. The van der Waals surface area contributed by atoms with Crippen LogP contribution in [0.1, 0.15) is 11.1 Å². The normalized spacial score (nSPS) is 14.6. The van der Waals surface area contributed by atoms with Crippen molar-refractivity contribution in [3.05, 3.63) is 117 Å². The molecule has 0 bridgehead atoms. The monoisotopic (exact) mass is 482 g/mol. The van der Waals surface area contributed by atoms with Crippen molar-refractivity contribution in [2.75, 3.05) is 4.90 Å². The van der Waals surface area contributed by atoms with Crippen LogP contribution in [-0.2, 0) is 11.4 Å². The number of rotatable bonds is 6. The number of hydrogen-bond acceptors (Lipinski definition) is 6. The first-order valence-electron chi connectivity index (χ1n) is 10.7. The lowest BCUT2D eigenvalue weighted by Gasteiger charge is -2.13. The maximum Gasteiger partial charge on any atom is 0.298 e. The van der Waals surface area contributed by atoms with Crippen molar-refractivity contribution < 1.29 is 19.2 Å². The summed E-state index contributed by atoms with van der Waals surface area (Å²) in [5.74, 6) is 0.102. The number of nitro benzene ring substituents is 1. The Kier molecular flexibility index (Phi) is 6.03. The lowest BCUT2D eigenvalue weighted by Crippen LogP contribution is -2.27. The van der Waals surface area contributed by atoms with Crippen LogP contribution in [0.15, 0.2) is 95.9 Å². The highest BCUT2D eigenvalue weighted by molar-refractivity contribution is 8.19. The van der Waals surface area contributed by atoms with Crippen LogP contribution in [0.4, 0.5) is 16.2 Å². The van der Waals surface area contributed by atoms with Gasteiger partial charge in [-0.05, 0) is 52.4 Å². The highest BCUT2D eigenvalue weighted by Gasteiger charge is 2.36. The van der Waals surface area contributed by atoms with Gasteiger partial charge in [0.25, 0.3) is 16.8 Å². The summed E-state index contributed by atoms with van der Waals surface area (Å²) in [5.41, 5.74) is 1.80. The highest BCUT2D eigenvalue weighted by atomic mass is 32.2. The van der Waals surface area contributed by atoms with Gasteiger partial charge < -0.3 is 4.74 Å². The van der Waals surface area contributed by atoms with E-state index in [4.69, 9.17) is 4.74 Å². The summed E-state index contributed by atoms with van der Waals surface area (Å²) in [6.07, 6.45) is 1.68. The lowest BCUT2D eigenvalue weighted by atomic mass is 10.0. The number of carbonyl (C=O) groups is 2. The van der Waals surface area contributed by atoms with Gasteiger partial charge in [0.15, 0.2) is 0 Å². The minimum absolute atomic E-state index is 0.0144. The van der Waals surface area contributed by atoms with Gasteiger partial charge in [0, 0.05) is 17.7 Å². The first-order valence-corrected chi connectivity index (χ1v) is 11.5. The smallest absolute Gasteiger partial charge is 0.298 e. The maximum absolute atomic E-state index is 13.2. The molecule has 0 spiro atoms. The number of thioether (sulfide) groups is 1. The average molecular weight is 483 g/mol. The van der Waals surface area contributed by atoms with Crippen LogP contribution < -0.4 is 9.64 Å². The number of amides is 2. The van der Waals surface area contributed by atoms with Crippen molar-refractivity contribution >= 4 is 51.1 Å². The molecule has 0 atom stereocenters. The first kappa shape index (κ1) is 22.4. The zero-order valence-corrected chi connectivity index (χ0v) is 19.1. The van der Waals surface area contributed by atoms with E-state index in [0.29, 0.717) is 22.6 Å². The van der Waals surface area contributed by atoms with Crippen molar-refractivity contribution in [2.24, 2.45) is 0 Å². The van der Waals surface area contributed by atoms with Gasteiger partial charge in [-0.25, -0.2) is 4.90 Å². The van der Waals surface area contributed by atoms with E-state index in [1.807, 2.05) is 36.4 Å². The van der Waals surface area contributed by atoms with Crippen LogP contribution in [0.3, 0.4) is 0 Å². The molecule has 0 N–H and O–H groups in total. The number of fused-ring (bicyclic) bond motifs is 1. The number of non-ortho nitro benzene ring substituents is 1. The van der Waals surface area contributed by atoms with Gasteiger partial charge in [-0.3, -0.25) is 19.7 Å². The third-order valence-corrected chi connectivity index (χ3v) is 6.40. The molecular weight excluding hydrogens is 464 g/mol. The van der Waals surface area contributed by atoms with E-state index in [-0.39, 0.29) is 22.4 Å². The third-order valence-electron chi connectivity index (χ3n) is 5.53. The number of benzene rings is 4. The molecule has 4 aromatic carbocycles. The SMILES string of the molecule is O=C1S/C(=C/c2c(OCc3cccc([N+](=O)[O-])c3)ccc3ccccc23)C(=O)N1c1ccccc1. The van der Waals surface area contributed by atoms with E-state index in [1.165, 1.54) is 12.1 Å². The van der Waals surface area contributed by atoms with Crippen LogP contribution in [-0.4, -0.2) is 16.1 Å². The molecule has 7 nitrogen and oxygen atoms in total. The molecule has 1 saturated heterocycles. The Morgan fingerprint density at radius 1 is 0.914 bits per heavy atom. The molecule has 172 valence electrons. The Labute approximate surface area is 204 Å². The Morgan fingerprint density at radius 3 is 2.49 bits per heavy atom. The van der Waals surface area contributed by atoms with E-state index >= 15 is 0 Å². The number of imide groups is 1. The summed E-state index contributed by atoms with van der Waals surface area (Å²) >= 11 is 0.876. The number of para-hydroxylation sites is 1. The molecule has 4 aromatic rings. The summed E-state index contributed by atoms with van der Waals surface area (Å²) < 4.78 is 6.06. The lowest BCUT2D eigenvalue weighted by molar-refractivity contribution is -0.384. The van der Waals surface area contributed by atoms with Crippen molar-refractivity contribution in [3.63, 3.8) is 0 Å². The number of anilines is 1. The molecule has 1 heterocycles. The number of ether oxygens (including phenoxy) is 1. The standard InChI is InChI=1S/C27H18N2O5S/c30-26-25(35-27(31)28(26)20-9-2-1-3-10-20)16-23-22-12-5-4-8-19(22)13-14-24(23)34-17-18-7-6-11-21(15-18)29(32)33/h1-16H,17H2/b25-16+. The molecule has 1 fully saturated rings. The number of carbonyl (C=O) groups excluding carboxylic acids is 2. The van der Waals surface area contributed by atoms with Gasteiger partial charge in [-0.1, -0.05) is 60.7 Å². The summed E-state index contributed by atoms with van der Waals surface area (Å²) in [5, 5.41) is 12.5. The molecule has 35 heavy (non-hydrogen) atoms. The molecule has 0 aliphatic carbocycles. The van der Waals surface area contributed by atoms with E-state index < -0.39 is 10.8 Å². The molecule has 0 saturated carbocycles. The summed E-state index contributed by atoms with van der Waals surface area (Å²) in [4.78, 5) is 37.9. The molecule has 0 unspecified atom stereocenters. The number of hydrogen-bond donors (Lipinski definition) is 0. The zero-order valence-electron chi connectivity index (χ0n) is 18.3.